The molecule has 0 fully saturated rings. The Balaban J connectivity index is 1.89. The van der Waals surface area contributed by atoms with Crippen LogP contribution in [0.2, 0.25) is 0 Å². The first-order chi connectivity index (χ1) is 30.7. The van der Waals surface area contributed by atoms with Gasteiger partial charge in [-0.05, 0) is 53.0 Å². The van der Waals surface area contributed by atoms with Gasteiger partial charge in [0.1, 0.15) is 42.0 Å². The van der Waals surface area contributed by atoms with Gasteiger partial charge in [0.25, 0.3) is 0 Å². The van der Waals surface area contributed by atoms with Gasteiger partial charge >= 0.3 is 11.9 Å². The Bertz CT molecular complexity index is 2040. The summed E-state index contributed by atoms with van der Waals surface area (Å²) in [6.07, 6.45) is -0.234. The fourth-order valence-corrected chi connectivity index (χ4v) is 7.27. The zero-order valence-electron chi connectivity index (χ0n) is 38.0. The van der Waals surface area contributed by atoms with E-state index in [1.165, 1.54) is 31.2 Å². The number of aliphatic carboxylic acids is 2. The zero-order valence-corrected chi connectivity index (χ0v) is 38.0. The van der Waals surface area contributed by atoms with Crippen LogP contribution in [0.3, 0.4) is 0 Å². The molecule has 8 atom stereocenters. The summed E-state index contributed by atoms with van der Waals surface area (Å²) >= 11 is 0. The van der Waals surface area contributed by atoms with Crippen LogP contribution >= 0.6 is 0 Å². The van der Waals surface area contributed by atoms with Gasteiger partial charge < -0.3 is 47.2 Å². The van der Waals surface area contributed by atoms with Crippen molar-refractivity contribution in [2.75, 3.05) is 0 Å². The normalized spacial score (nSPS) is 14.8. The lowest BCUT2D eigenvalue weighted by Gasteiger charge is -2.31. The summed E-state index contributed by atoms with van der Waals surface area (Å²) in [5.41, 5.74) is 1.94. The van der Waals surface area contributed by atoms with Gasteiger partial charge in [-0.15, -0.1) is 0 Å². The predicted molar refractivity (Wildman–Crippen MR) is 242 cm³/mol. The van der Waals surface area contributed by atoms with Crippen LogP contribution in [0.25, 0.3) is 0 Å². The van der Waals surface area contributed by atoms with E-state index < -0.39 is 108 Å². The molecule has 17 heteroatoms. The van der Waals surface area contributed by atoms with Crippen LogP contribution in [0.5, 0.6) is 5.75 Å². The first-order valence-electron chi connectivity index (χ1n) is 21.9. The van der Waals surface area contributed by atoms with E-state index in [4.69, 9.17) is 0 Å². The van der Waals surface area contributed by atoms with E-state index in [1.807, 2.05) is 36.4 Å². The number of nitrogens with one attached hydrogen (secondary N) is 6. The van der Waals surface area contributed by atoms with Crippen molar-refractivity contribution in [3.8, 4) is 5.75 Å². The number of carboxylic acids is 2. The number of phenolic OH excluding ortho intramolecular Hbond substituents is 1. The molecule has 65 heavy (non-hydrogen) atoms. The number of amides is 6. The van der Waals surface area contributed by atoms with Crippen LogP contribution in [-0.2, 0) is 44.8 Å². The lowest BCUT2D eigenvalue weighted by molar-refractivity contribution is -0.142. The number of phenols is 1. The van der Waals surface area contributed by atoms with Crippen LogP contribution in [0.4, 0.5) is 0 Å². The fraction of sp³-hybridized carbons (Fsp3) is 0.458. The molecule has 0 heterocycles. The molecule has 3 aromatic rings. The van der Waals surface area contributed by atoms with Gasteiger partial charge in [0.2, 0.25) is 35.4 Å². The van der Waals surface area contributed by atoms with Gasteiger partial charge in [-0.25, -0.2) is 4.79 Å². The van der Waals surface area contributed by atoms with E-state index in [0.717, 1.165) is 0 Å². The Morgan fingerprint density at radius 3 is 1.40 bits per heavy atom. The molecule has 0 aromatic heterocycles. The Hall–Kier alpha value is -6.78. The number of aromatic hydroxyl groups is 1. The van der Waals surface area contributed by atoms with Crippen molar-refractivity contribution in [2.45, 2.75) is 123 Å². The minimum Gasteiger partial charge on any atom is -0.508 e. The number of benzene rings is 3. The summed E-state index contributed by atoms with van der Waals surface area (Å²) in [4.78, 5) is 107. The van der Waals surface area contributed by atoms with E-state index in [2.05, 4.69) is 31.9 Å². The van der Waals surface area contributed by atoms with Crippen molar-refractivity contribution in [2.24, 2.45) is 17.8 Å². The highest BCUT2D eigenvalue weighted by molar-refractivity contribution is 5.98. The maximum Gasteiger partial charge on any atom is 0.326 e. The molecular weight excluding hydrogens is 837 g/mol. The summed E-state index contributed by atoms with van der Waals surface area (Å²) in [5, 5.41) is 45.2. The number of hydrogen-bond acceptors (Lipinski definition) is 9. The first kappa shape index (κ1) is 52.6. The average molecular weight is 901 g/mol. The molecule has 0 aliphatic carbocycles. The van der Waals surface area contributed by atoms with Crippen molar-refractivity contribution < 1.29 is 53.7 Å². The number of carbonyl (C=O) groups is 8. The topological polar surface area (TPSA) is 269 Å². The van der Waals surface area contributed by atoms with Crippen molar-refractivity contribution >= 4 is 47.4 Å². The monoisotopic (exact) mass is 900 g/mol. The second-order valence-electron chi connectivity index (χ2n) is 16.8. The van der Waals surface area contributed by atoms with Crippen LogP contribution in [0, 0.1) is 17.8 Å². The van der Waals surface area contributed by atoms with Gasteiger partial charge in [0.05, 0.1) is 6.42 Å². The molecule has 17 nitrogen and oxygen atoms in total. The van der Waals surface area contributed by atoms with E-state index >= 15 is 0 Å². The summed E-state index contributed by atoms with van der Waals surface area (Å²) in [7, 11) is 0. The van der Waals surface area contributed by atoms with Crippen molar-refractivity contribution in [3.63, 3.8) is 0 Å². The summed E-state index contributed by atoms with van der Waals surface area (Å²) < 4.78 is 0. The molecule has 9 N–H and O–H groups in total. The molecule has 0 saturated heterocycles. The molecule has 0 bridgehead atoms. The average Bonchev–Trinajstić information content (AvgIpc) is 3.26. The molecule has 6 amide bonds. The highest BCUT2D eigenvalue weighted by Gasteiger charge is 2.38. The molecule has 0 radical (unpaired) electrons. The Kier molecular flexibility index (Phi) is 20.6. The van der Waals surface area contributed by atoms with E-state index in [0.29, 0.717) is 29.5 Å². The van der Waals surface area contributed by atoms with Gasteiger partial charge in [-0.2, -0.15) is 0 Å². The van der Waals surface area contributed by atoms with Gasteiger partial charge in [-0.3, -0.25) is 33.6 Å². The maximum atomic E-state index is 14.3. The highest BCUT2D eigenvalue weighted by Crippen LogP contribution is 2.29. The lowest BCUT2D eigenvalue weighted by atomic mass is 9.84. The quantitative estimate of drug-likeness (QED) is 0.0595. The second-order valence-corrected chi connectivity index (χ2v) is 16.8. The maximum absolute atomic E-state index is 14.3. The molecule has 352 valence electrons. The molecule has 0 aliphatic heterocycles. The van der Waals surface area contributed by atoms with Crippen LogP contribution in [-0.4, -0.2) is 99.0 Å². The molecular formula is C48H64N6O11. The standard InChI is InChI=1S/C48H64N6O11/c1-8-28(5)40(45(61)52-37(48(64)65)25-31-20-22-34(56)23-21-31)54-46(62)41(29(6)9-2)53-44(60)36(26-38(57)58)50-43(59)35(24-27(3)4)51-47(63)42(49-30(7)55)39(32-16-12-10-13-17-32)33-18-14-11-15-19-33/h10-23,27-29,35-37,39-42,56H,8-9,24-26H2,1-7H3,(H,49,55)(H,50,59)(H,51,63)(H,52,61)(H,53,60)(H,54,62)(H,57,58)(H,64,65)/t28-,29-,35-,36-,37-,40-,41-,42-/m0/s1. The molecule has 0 aliphatic rings. The number of carbonyl (C=O) groups excluding carboxylic acids is 6. The highest BCUT2D eigenvalue weighted by atomic mass is 16.4. The van der Waals surface area contributed by atoms with Crippen LogP contribution in [0.1, 0.15) is 96.8 Å². The number of hydrogen-bond donors (Lipinski definition) is 9. The third-order valence-corrected chi connectivity index (χ3v) is 11.2. The van der Waals surface area contributed by atoms with E-state index in [1.54, 1.807) is 65.8 Å². The van der Waals surface area contributed by atoms with Crippen LogP contribution in [0.15, 0.2) is 84.9 Å². The van der Waals surface area contributed by atoms with Crippen molar-refractivity contribution in [1.82, 2.24) is 31.9 Å². The summed E-state index contributed by atoms with van der Waals surface area (Å²) in [6.45, 7) is 11.7. The predicted octanol–water partition coefficient (Wildman–Crippen LogP) is 3.39. The fourth-order valence-electron chi connectivity index (χ4n) is 7.27. The molecule has 0 saturated carbocycles. The second kappa shape index (κ2) is 25.5. The summed E-state index contributed by atoms with van der Waals surface area (Å²) in [6, 6.07) is 15.7. The largest absolute Gasteiger partial charge is 0.508 e. The number of carboxylic acid groups (broad SMARTS) is 2. The van der Waals surface area contributed by atoms with Gasteiger partial charge in [-0.1, -0.05) is 127 Å². The third kappa shape index (κ3) is 16.4. The van der Waals surface area contributed by atoms with E-state index in [-0.39, 0.29) is 24.5 Å². The number of rotatable bonds is 25. The van der Waals surface area contributed by atoms with E-state index in [9.17, 15) is 53.7 Å². The molecule has 0 unspecified atom stereocenters. The minimum absolute atomic E-state index is 0.0202. The minimum atomic E-state index is -1.73. The molecule has 3 rings (SSSR count). The first-order valence-corrected chi connectivity index (χ1v) is 21.9. The van der Waals surface area contributed by atoms with Gasteiger partial charge in [0.15, 0.2) is 0 Å². The summed E-state index contributed by atoms with van der Waals surface area (Å²) in [5.74, 6) is -9.49. The Morgan fingerprint density at radius 1 is 0.523 bits per heavy atom. The molecule has 0 spiro atoms. The van der Waals surface area contributed by atoms with Gasteiger partial charge in [0, 0.05) is 19.3 Å². The van der Waals surface area contributed by atoms with Crippen molar-refractivity contribution in [1.29, 1.82) is 0 Å². The lowest BCUT2D eigenvalue weighted by Crippen LogP contribution is -2.61. The smallest absolute Gasteiger partial charge is 0.326 e. The Morgan fingerprint density at radius 2 is 0.954 bits per heavy atom. The third-order valence-electron chi connectivity index (χ3n) is 11.2. The SMILES string of the molecule is CC[C@H](C)[C@H](NC(=O)[C@H](CC(=O)O)NC(=O)[C@H](CC(C)C)NC(=O)[C@@H](NC(C)=O)C(c1ccccc1)c1ccccc1)C(=O)N[C@H](C(=O)N[C@@H](Cc1ccc(O)cc1)C(=O)O)[C@@H](C)CC. The Labute approximate surface area is 379 Å². The van der Waals surface area contributed by atoms with Crippen molar-refractivity contribution in [3.05, 3.63) is 102 Å². The zero-order chi connectivity index (χ0) is 48.4. The molecule has 3 aromatic carbocycles. The van der Waals surface area contributed by atoms with Crippen LogP contribution < -0.4 is 31.9 Å².